The van der Waals surface area contributed by atoms with Gasteiger partial charge in [0.05, 0.1) is 28.4 Å². The molecule has 0 aliphatic carbocycles. The number of anilines is 2. The minimum atomic E-state index is -0.277. The lowest BCUT2D eigenvalue weighted by atomic mass is 10.3. The summed E-state index contributed by atoms with van der Waals surface area (Å²) in [5.74, 6) is -0.277. The molecule has 1 aromatic carbocycles. The van der Waals surface area contributed by atoms with Crippen LogP contribution in [0.15, 0.2) is 66.3 Å². The minimum Gasteiger partial charge on any atom is -0.321 e. The Morgan fingerprint density at radius 3 is 2.66 bits per heavy atom. The zero-order valence-corrected chi connectivity index (χ0v) is 16.9. The van der Waals surface area contributed by atoms with Gasteiger partial charge in [-0.2, -0.15) is 0 Å². The molecule has 0 spiro atoms. The summed E-state index contributed by atoms with van der Waals surface area (Å²) < 4.78 is 1.70. The second-order valence-corrected chi connectivity index (χ2v) is 7.81. The zero-order chi connectivity index (χ0) is 20.4. The molecule has 4 aromatic rings. The molecular weight excluding hydrogens is 386 g/mol. The highest BCUT2D eigenvalue weighted by Crippen LogP contribution is 2.30. The molecule has 0 atom stereocenters. The van der Waals surface area contributed by atoms with Crippen molar-refractivity contribution in [2.75, 3.05) is 31.1 Å². The third-order valence-corrected chi connectivity index (χ3v) is 5.27. The summed E-state index contributed by atoms with van der Waals surface area (Å²) in [5, 5.41) is 16.6. The van der Waals surface area contributed by atoms with Crippen LogP contribution < -0.4 is 10.4 Å². The predicted octanol–water partition coefficient (Wildman–Crippen LogP) is 4.03. The van der Waals surface area contributed by atoms with Gasteiger partial charge >= 0.3 is 0 Å². The van der Waals surface area contributed by atoms with E-state index in [0.29, 0.717) is 22.6 Å². The van der Waals surface area contributed by atoms with Gasteiger partial charge < -0.3 is 5.32 Å². The average molecular weight is 407 g/mol. The number of amides is 1. The van der Waals surface area contributed by atoms with E-state index in [2.05, 4.69) is 10.3 Å². The van der Waals surface area contributed by atoms with E-state index < -0.39 is 0 Å². The Morgan fingerprint density at radius 2 is 1.97 bits per heavy atom. The average Bonchev–Trinajstić information content (AvgIpc) is 3.36. The van der Waals surface area contributed by atoms with E-state index in [4.69, 9.17) is 0 Å². The first kappa shape index (κ1) is 19.1. The molecule has 2 N–H and O–H groups in total. The number of nitrogens with zero attached hydrogens (tertiary/aromatic N) is 4. The predicted molar refractivity (Wildman–Crippen MR) is 116 cm³/mol. The van der Waals surface area contributed by atoms with Crippen molar-refractivity contribution < 1.29 is 10.0 Å². The van der Waals surface area contributed by atoms with E-state index in [-0.39, 0.29) is 12.6 Å². The van der Waals surface area contributed by atoms with Crippen molar-refractivity contribution >= 4 is 34.1 Å². The Bertz CT molecular complexity index is 1120. The number of hydrogen-bond acceptors (Lipinski definition) is 6. The lowest BCUT2D eigenvalue weighted by Gasteiger charge is -2.20. The van der Waals surface area contributed by atoms with Crippen LogP contribution in [-0.2, 0) is 0 Å². The van der Waals surface area contributed by atoms with Gasteiger partial charge in [0.1, 0.15) is 12.0 Å². The lowest BCUT2D eigenvalue weighted by Crippen LogP contribution is -2.30. The van der Waals surface area contributed by atoms with Crippen LogP contribution in [0.2, 0.25) is 0 Å². The standard InChI is InChI=1S/C21H21N5O2S/c1-24(2)14-26(28)18-12-19(21(27)23-15-7-4-3-5-8-15)25-13-22-16(11-17(18)25)20-9-6-10-29-20/h3-13,28H,14H2,1-2H3,(H,23,27). The molecule has 4 rings (SSSR count). The van der Waals surface area contributed by atoms with Crippen molar-refractivity contribution in [1.29, 1.82) is 0 Å². The molecule has 148 valence electrons. The van der Waals surface area contributed by atoms with Gasteiger partial charge in [-0.1, -0.05) is 24.3 Å². The Labute approximate surface area is 172 Å². The van der Waals surface area contributed by atoms with Crippen LogP contribution in [0.3, 0.4) is 0 Å². The fraction of sp³-hybridized carbons (Fsp3) is 0.143. The molecular formula is C21H21N5O2S. The smallest absolute Gasteiger partial charge is 0.272 e. The summed E-state index contributed by atoms with van der Waals surface area (Å²) >= 11 is 1.59. The molecule has 1 amide bonds. The topological polar surface area (TPSA) is 73.1 Å². The maximum atomic E-state index is 12.9. The molecule has 0 bridgehead atoms. The number of hydrogen-bond donors (Lipinski definition) is 2. The van der Waals surface area contributed by atoms with Crippen LogP contribution in [0, 0.1) is 0 Å². The number of carbonyl (C=O) groups is 1. The first-order valence-corrected chi connectivity index (χ1v) is 9.93. The summed E-state index contributed by atoms with van der Waals surface area (Å²) in [6.07, 6.45) is 1.62. The summed E-state index contributed by atoms with van der Waals surface area (Å²) in [4.78, 5) is 20.3. The molecule has 0 aliphatic heterocycles. The summed E-state index contributed by atoms with van der Waals surface area (Å²) in [6.45, 7) is 0.288. The molecule has 3 heterocycles. The summed E-state index contributed by atoms with van der Waals surface area (Å²) in [6, 6.07) is 16.8. The van der Waals surface area contributed by atoms with E-state index in [9.17, 15) is 10.0 Å². The number of para-hydroxylation sites is 1. The Hall–Kier alpha value is -3.20. The van der Waals surface area contributed by atoms with Gasteiger partial charge in [-0.15, -0.1) is 11.3 Å². The van der Waals surface area contributed by atoms with Gasteiger partial charge in [0.25, 0.3) is 5.91 Å². The van der Waals surface area contributed by atoms with E-state index in [0.717, 1.165) is 15.6 Å². The fourth-order valence-corrected chi connectivity index (χ4v) is 3.78. The second-order valence-electron chi connectivity index (χ2n) is 6.86. The van der Waals surface area contributed by atoms with Gasteiger partial charge in [0.15, 0.2) is 0 Å². The molecule has 0 unspecified atom stereocenters. The molecule has 8 heteroatoms. The number of aromatic nitrogens is 2. The monoisotopic (exact) mass is 407 g/mol. The van der Waals surface area contributed by atoms with Crippen molar-refractivity contribution in [3.63, 3.8) is 0 Å². The van der Waals surface area contributed by atoms with Crippen molar-refractivity contribution in [3.8, 4) is 10.6 Å². The number of fused-ring (bicyclic) bond motifs is 1. The lowest BCUT2D eigenvalue weighted by molar-refractivity contribution is 0.102. The molecule has 0 aliphatic rings. The maximum absolute atomic E-state index is 12.9. The number of nitrogens with one attached hydrogen (secondary N) is 1. The van der Waals surface area contributed by atoms with Crippen LogP contribution >= 0.6 is 11.3 Å². The number of rotatable bonds is 6. The third kappa shape index (κ3) is 4.00. The maximum Gasteiger partial charge on any atom is 0.272 e. The van der Waals surface area contributed by atoms with Crippen molar-refractivity contribution in [2.45, 2.75) is 0 Å². The Kier molecular flexibility index (Phi) is 5.30. The van der Waals surface area contributed by atoms with Crippen molar-refractivity contribution in [2.24, 2.45) is 0 Å². The van der Waals surface area contributed by atoms with Gasteiger partial charge in [-0.25, -0.2) is 10.0 Å². The number of thiophene rings is 1. The first-order chi connectivity index (χ1) is 14.0. The molecule has 7 nitrogen and oxygen atoms in total. The van der Waals surface area contributed by atoms with E-state index in [1.54, 1.807) is 28.1 Å². The van der Waals surface area contributed by atoms with Crippen LogP contribution in [-0.4, -0.2) is 46.2 Å². The summed E-state index contributed by atoms with van der Waals surface area (Å²) in [5.41, 5.74) is 3.12. The molecule has 0 saturated carbocycles. The molecule has 0 saturated heterocycles. The van der Waals surface area contributed by atoms with Gasteiger partial charge in [0.2, 0.25) is 0 Å². The zero-order valence-electron chi connectivity index (χ0n) is 16.1. The highest BCUT2D eigenvalue weighted by Gasteiger charge is 2.20. The number of benzene rings is 1. The number of carbonyl (C=O) groups excluding carboxylic acids is 1. The molecule has 29 heavy (non-hydrogen) atoms. The number of hydroxylamine groups is 1. The summed E-state index contributed by atoms with van der Waals surface area (Å²) in [7, 11) is 3.73. The third-order valence-electron chi connectivity index (χ3n) is 4.37. The highest BCUT2D eigenvalue weighted by atomic mass is 32.1. The van der Waals surface area contributed by atoms with Gasteiger partial charge in [-0.05, 0) is 49.8 Å². The SMILES string of the molecule is CN(C)CN(O)c1cc(C(=O)Nc2ccccc2)n2cnc(-c3cccs3)cc12. The second kappa shape index (κ2) is 8.04. The fourth-order valence-electron chi connectivity index (χ4n) is 3.08. The van der Waals surface area contributed by atoms with E-state index in [1.807, 2.05) is 72.9 Å². The van der Waals surface area contributed by atoms with E-state index in [1.165, 1.54) is 0 Å². The van der Waals surface area contributed by atoms with Crippen LogP contribution in [0.5, 0.6) is 0 Å². The Balaban J connectivity index is 1.79. The quantitative estimate of drug-likeness (QED) is 0.373. The molecule has 0 radical (unpaired) electrons. The normalized spacial score (nSPS) is 11.2. The van der Waals surface area contributed by atoms with Crippen LogP contribution in [0.25, 0.3) is 16.1 Å². The molecule has 0 fully saturated rings. The Morgan fingerprint density at radius 1 is 1.17 bits per heavy atom. The largest absolute Gasteiger partial charge is 0.321 e. The van der Waals surface area contributed by atoms with Crippen LogP contribution in [0.4, 0.5) is 11.4 Å². The van der Waals surface area contributed by atoms with Gasteiger partial charge in [0, 0.05) is 5.69 Å². The first-order valence-electron chi connectivity index (χ1n) is 9.05. The minimum absolute atomic E-state index is 0.277. The van der Waals surface area contributed by atoms with Gasteiger partial charge in [-0.3, -0.25) is 19.3 Å². The highest BCUT2D eigenvalue weighted by molar-refractivity contribution is 7.13. The van der Waals surface area contributed by atoms with Crippen molar-refractivity contribution in [1.82, 2.24) is 14.3 Å². The van der Waals surface area contributed by atoms with Crippen molar-refractivity contribution in [3.05, 3.63) is 72.0 Å². The molecule has 3 aromatic heterocycles. The van der Waals surface area contributed by atoms with E-state index >= 15 is 0 Å². The van der Waals surface area contributed by atoms with Crippen LogP contribution in [0.1, 0.15) is 10.5 Å².